The van der Waals surface area contributed by atoms with E-state index in [0.29, 0.717) is 10.0 Å². The molecule has 0 spiro atoms. The molecule has 162 valence electrons. The molecule has 4 nitrogen and oxygen atoms in total. The zero-order chi connectivity index (χ0) is 22.3. The minimum Gasteiger partial charge on any atom is -0.352 e. The van der Waals surface area contributed by atoms with Crippen molar-refractivity contribution < 1.29 is 9.59 Å². The smallest absolute Gasteiger partial charge is 0.242 e. The van der Waals surface area contributed by atoms with Crippen molar-refractivity contribution in [3.8, 4) is 0 Å². The molecule has 2 amide bonds. The third kappa shape index (κ3) is 7.53. The molecule has 0 saturated carbocycles. The third-order valence-electron chi connectivity index (χ3n) is 4.55. The van der Waals surface area contributed by atoms with Crippen molar-refractivity contribution in [1.29, 1.82) is 0 Å². The Morgan fingerprint density at radius 2 is 1.63 bits per heavy atom. The zero-order valence-electron chi connectivity index (χ0n) is 17.7. The second kappa shape index (κ2) is 11.6. The van der Waals surface area contributed by atoms with Crippen LogP contribution in [0.3, 0.4) is 0 Å². The topological polar surface area (TPSA) is 49.4 Å². The first-order valence-electron chi connectivity index (χ1n) is 9.84. The maximum atomic E-state index is 13.0. The Morgan fingerprint density at radius 1 is 1.00 bits per heavy atom. The van der Waals surface area contributed by atoms with Crippen molar-refractivity contribution in [3.63, 3.8) is 0 Å². The predicted molar refractivity (Wildman–Crippen MR) is 127 cm³/mol. The number of carbonyl (C=O) groups is 2. The summed E-state index contributed by atoms with van der Waals surface area (Å²) in [6.45, 7) is 7.87. The number of thioether (sulfide) groups is 1. The Balaban J connectivity index is 2.09. The fraction of sp³-hybridized carbons (Fsp3) is 0.391. The number of amides is 2. The van der Waals surface area contributed by atoms with Gasteiger partial charge in [-0.2, -0.15) is 0 Å². The van der Waals surface area contributed by atoms with Crippen LogP contribution >= 0.6 is 35.0 Å². The molecule has 0 bridgehead atoms. The first-order valence-corrected chi connectivity index (χ1v) is 11.8. The van der Waals surface area contributed by atoms with Crippen LogP contribution in [0.2, 0.25) is 10.0 Å². The number of benzene rings is 2. The van der Waals surface area contributed by atoms with Gasteiger partial charge in [0.05, 0.1) is 15.8 Å². The van der Waals surface area contributed by atoms with E-state index in [9.17, 15) is 9.59 Å². The van der Waals surface area contributed by atoms with Gasteiger partial charge in [0.2, 0.25) is 11.8 Å². The molecule has 0 aliphatic rings. The van der Waals surface area contributed by atoms with Gasteiger partial charge in [0.25, 0.3) is 0 Å². The average Bonchev–Trinajstić information content (AvgIpc) is 2.69. The lowest BCUT2D eigenvalue weighted by Crippen LogP contribution is -2.49. The number of hydrogen-bond acceptors (Lipinski definition) is 3. The molecule has 0 saturated heterocycles. The van der Waals surface area contributed by atoms with Gasteiger partial charge >= 0.3 is 0 Å². The molecule has 2 aromatic rings. The van der Waals surface area contributed by atoms with Crippen LogP contribution in [0.4, 0.5) is 0 Å². The summed E-state index contributed by atoms with van der Waals surface area (Å²) in [7, 11) is 0. The van der Waals surface area contributed by atoms with Crippen LogP contribution in [0, 0.1) is 6.92 Å². The van der Waals surface area contributed by atoms with Gasteiger partial charge in [-0.25, -0.2) is 0 Å². The Hall–Kier alpha value is -1.69. The largest absolute Gasteiger partial charge is 0.352 e. The molecule has 0 aromatic heterocycles. The van der Waals surface area contributed by atoms with Crippen LogP contribution < -0.4 is 5.32 Å². The number of nitrogens with one attached hydrogen (secondary N) is 1. The SMILES string of the molecule is Cc1ccc(CSCC(=O)N(Cc2ccc(Cl)c(Cl)c2)[C@H](C)C(=O)NC(C)C)cc1. The Morgan fingerprint density at radius 3 is 2.23 bits per heavy atom. The van der Waals surface area contributed by atoms with Crippen molar-refractivity contribution in [2.24, 2.45) is 0 Å². The van der Waals surface area contributed by atoms with Gasteiger partial charge in [0.15, 0.2) is 0 Å². The summed E-state index contributed by atoms with van der Waals surface area (Å²) in [6, 6.07) is 12.9. The molecule has 0 heterocycles. The second-order valence-corrected chi connectivity index (χ2v) is 9.39. The molecule has 0 fully saturated rings. The molecule has 1 atom stereocenters. The van der Waals surface area contributed by atoms with Crippen LogP contribution in [0.1, 0.15) is 37.5 Å². The molecular weight excluding hydrogens is 439 g/mol. The molecule has 7 heteroatoms. The van der Waals surface area contributed by atoms with E-state index in [-0.39, 0.29) is 30.2 Å². The second-order valence-electron chi connectivity index (χ2n) is 7.59. The highest BCUT2D eigenvalue weighted by atomic mass is 35.5. The number of halogens is 2. The maximum Gasteiger partial charge on any atom is 0.242 e. The van der Waals surface area contributed by atoms with Crippen molar-refractivity contribution in [2.45, 2.75) is 52.1 Å². The first-order chi connectivity index (χ1) is 14.2. The molecule has 2 rings (SSSR count). The van der Waals surface area contributed by atoms with Crippen LogP contribution in [0.15, 0.2) is 42.5 Å². The Kier molecular flexibility index (Phi) is 9.53. The lowest BCUT2D eigenvalue weighted by molar-refractivity contribution is -0.138. The number of nitrogens with zero attached hydrogens (tertiary/aromatic N) is 1. The van der Waals surface area contributed by atoms with E-state index in [4.69, 9.17) is 23.2 Å². The summed E-state index contributed by atoms with van der Waals surface area (Å²) in [4.78, 5) is 27.2. The minimum absolute atomic E-state index is 0.00205. The van der Waals surface area contributed by atoms with E-state index in [1.807, 2.05) is 26.8 Å². The summed E-state index contributed by atoms with van der Waals surface area (Å²) in [5.41, 5.74) is 3.20. The van der Waals surface area contributed by atoms with Gasteiger partial charge in [-0.05, 0) is 51.0 Å². The van der Waals surface area contributed by atoms with Crippen LogP contribution in [-0.2, 0) is 21.9 Å². The van der Waals surface area contributed by atoms with Crippen molar-refractivity contribution in [3.05, 3.63) is 69.2 Å². The molecule has 0 aliphatic heterocycles. The number of hydrogen-bond donors (Lipinski definition) is 1. The van der Waals surface area contributed by atoms with Gasteiger partial charge in [0, 0.05) is 18.3 Å². The van der Waals surface area contributed by atoms with Gasteiger partial charge in [-0.3, -0.25) is 9.59 Å². The highest BCUT2D eigenvalue weighted by Crippen LogP contribution is 2.24. The average molecular weight is 467 g/mol. The number of aryl methyl sites for hydroxylation is 1. The monoisotopic (exact) mass is 466 g/mol. The summed E-state index contributed by atoms with van der Waals surface area (Å²) in [5.74, 6) is 0.750. The van der Waals surface area contributed by atoms with Gasteiger partial charge in [-0.15, -0.1) is 11.8 Å². The van der Waals surface area contributed by atoms with E-state index in [0.717, 1.165) is 11.3 Å². The molecule has 2 aromatic carbocycles. The number of rotatable bonds is 9. The van der Waals surface area contributed by atoms with Crippen molar-refractivity contribution in [2.75, 3.05) is 5.75 Å². The molecule has 1 N–H and O–H groups in total. The van der Waals surface area contributed by atoms with Crippen molar-refractivity contribution in [1.82, 2.24) is 10.2 Å². The molecular formula is C23H28Cl2N2O2S. The van der Waals surface area contributed by atoms with Crippen LogP contribution in [0.5, 0.6) is 0 Å². The highest BCUT2D eigenvalue weighted by molar-refractivity contribution is 7.99. The predicted octanol–water partition coefficient (Wildman–Crippen LogP) is 5.48. The van der Waals surface area contributed by atoms with E-state index < -0.39 is 6.04 Å². The summed E-state index contributed by atoms with van der Waals surface area (Å²) >= 11 is 13.7. The van der Waals surface area contributed by atoms with E-state index >= 15 is 0 Å². The zero-order valence-corrected chi connectivity index (χ0v) is 20.1. The van der Waals surface area contributed by atoms with Crippen LogP contribution in [-0.4, -0.2) is 34.6 Å². The lowest BCUT2D eigenvalue weighted by Gasteiger charge is -2.29. The van der Waals surface area contributed by atoms with Gasteiger partial charge < -0.3 is 10.2 Å². The molecule has 0 radical (unpaired) electrons. The summed E-state index contributed by atoms with van der Waals surface area (Å²) in [5, 5.41) is 3.77. The maximum absolute atomic E-state index is 13.0. The number of carbonyl (C=O) groups excluding carboxylic acids is 2. The minimum atomic E-state index is -0.602. The molecule has 0 unspecified atom stereocenters. The fourth-order valence-electron chi connectivity index (χ4n) is 2.85. The quantitative estimate of drug-likeness (QED) is 0.532. The highest BCUT2D eigenvalue weighted by Gasteiger charge is 2.26. The van der Waals surface area contributed by atoms with Gasteiger partial charge in [0.1, 0.15) is 6.04 Å². The third-order valence-corrected chi connectivity index (χ3v) is 6.28. The fourth-order valence-corrected chi connectivity index (χ4v) is 4.04. The molecule has 30 heavy (non-hydrogen) atoms. The van der Waals surface area contributed by atoms with E-state index in [1.165, 1.54) is 22.9 Å². The summed E-state index contributed by atoms with van der Waals surface area (Å²) in [6.07, 6.45) is 0. The van der Waals surface area contributed by atoms with Crippen LogP contribution in [0.25, 0.3) is 0 Å². The Labute approximate surface area is 193 Å². The van der Waals surface area contributed by atoms with Crippen molar-refractivity contribution >= 4 is 46.8 Å². The summed E-state index contributed by atoms with van der Waals surface area (Å²) < 4.78 is 0. The first kappa shape index (κ1) is 24.6. The van der Waals surface area contributed by atoms with E-state index in [2.05, 4.69) is 29.6 Å². The van der Waals surface area contributed by atoms with E-state index in [1.54, 1.807) is 24.0 Å². The van der Waals surface area contributed by atoms with Gasteiger partial charge in [-0.1, -0.05) is 59.1 Å². The Bertz CT molecular complexity index is 872. The molecule has 0 aliphatic carbocycles. The lowest BCUT2D eigenvalue weighted by atomic mass is 10.1. The normalized spacial score (nSPS) is 12.0. The standard InChI is InChI=1S/C23H28Cl2N2O2S/c1-15(2)26-23(29)17(4)27(12-19-9-10-20(24)21(25)11-19)22(28)14-30-13-18-7-5-16(3)6-8-18/h5-11,15,17H,12-14H2,1-4H3,(H,26,29)/t17-/m1/s1.